The molecule has 0 aromatic carbocycles. The van der Waals surface area contributed by atoms with Crippen molar-refractivity contribution in [3.63, 3.8) is 0 Å². The summed E-state index contributed by atoms with van der Waals surface area (Å²) >= 11 is 0. The van der Waals surface area contributed by atoms with Gasteiger partial charge in [0.15, 0.2) is 0 Å². The van der Waals surface area contributed by atoms with E-state index in [0.29, 0.717) is 6.67 Å². The highest BCUT2D eigenvalue weighted by Crippen LogP contribution is 2.27. The first-order valence-corrected chi connectivity index (χ1v) is 2.84. The van der Waals surface area contributed by atoms with Gasteiger partial charge < -0.3 is 11.1 Å². The Bertz CT molecular complexity index is 50.0. The molecule has 0 spiro atoms. The van der Waals surface area contributed by atoms with Crippen LogP contribution in [0.15, 0.2) is 0 Å². The Balaban J connectivity index is 1.80. The average Bonchev–Trinajstić information content (AvgIpc) is 2.42. The van der Waals surface area contributed by atoms with Crippen molar-refractivity contribution in [3.05, 3.63) is 0 Å². The van der Waals surface area contributed by atoms with Crippen LogP contribution in [0, 0.1) is 5.92 Å². The number of hydrogen-bond acceptors (Lipinski definition) is 2. The molecule has 0 aromatic heterocycles. The molecule has 0 aromatic rings. The smallest absolute Gasteiger partial charge is 0.0428 e. The minimum atomic E-state index is 0.635. The van der Waals surface area contributed by atoms with E-state index in [1.54, 1.807) is 0 Å². The summed E-state index contributed by atoms with van der Waals surface area (Å²) in [6.07, 6.45) is 2.82. The lowest BCUT2D eigenvalue weighted by molar-refractivity contribution is 0.651. The van der Waals surface area contributed by atoms with Gasteiger partial charge in [-0.2, -0.15) is 0 Å². The second-order valence-corrected chi connectivity index (χ2v) is 2.10. The maximum atomic E-state index is 5.19. The summed E-state index contributed by atoms with van der Waals surface area (Å²) in [6.45, 7) is 1.77. The van der Waals surface area contributed by atoms with Crippen molar-refractivity contribution in [1.82, 2.24) is 5.32 Å². The van der Waals surface area contributed by atoms with Crippen molar-refractivity contribution in [2.45, 2.75) is 12.8 Å². The standard InChI is InChI=1S/C5H12N2/c6-4-7-3-5-1-2-5/h5,7H,1-4,6H2. The lowest BCUT2D eigenvalue weighted by atomic mass is 10.4. The number of nitrogens with two attached hydrogens (primary N) is 1. The molecule has 1 aliphatic carbocycles. The quantitative estimate of drug-likeness (QED) is 0.486. The first kappa shape index (κ1) is 5.06. The zero-order chi connectivity index (χ0) is 5.11. The molecule has 0 bridgehead atoms. The Labute approximate surface area is 44.1 Å². The minimum absolute atomic E-state index is 0.635. The van der Waals surface area contributed by atoms with Gasteiger partial charge in [0.05, 0.1) is 0 Å². The lowest BCUT2D eigenvalue weighted by Crippen LogP contribution is -2.24. The van der Waals surface area contributed by atoms with Crippen LogP contribution in [-0.4, -0.2) is 13.2 Å². The molecule has 7 heavy (non-hydrogen) atoms. The Morgan fingerprint density at radius 2 is 2.29 bits per heavy atom. The van der Waals surface area contributed by atoms with Crippen LogP contribution in [0.5, 0.6) is 0 Å². The van der Waals surface area contributed by atoms with Crippen LogP contribution in [-0.2, 0) is 0 Å². The SMILES string of the molecule is NCNCC1CC1. The third-order valence-corrected chi connectivity index (χ3v) is 1.27. The fourth-order valence-corrected chi connectivity index (χ4v) is 0.609. The molecule has 3 N–H and O–H groups in total. The van der Waals surface area contributed by atoms with E-state index < -0.39 is 0 Å². The van der Waals surface area contributed by atoms with Gasteiger partial charge in [-0.3, -0.25) is 0 Å². The van der Waals surface area contributed by atoms with Gasteiger partial charge >= 0.3 is 0 Å². The predicted molar refractivity (Wildman–Crippen MR) is 29.8 cm³/mol. The highest BCUT2D eigenvalue weighted by Gasteiger charge is 2.19. The molecule has 0 unspecified atom stereocenters. The summed E-state index contributed by atoms with van der Waals surface area (Å²) in [5.74, 6) is 0.962. The predicted octanol–water partition coefficient (Wildman–Crippen LogP) is -0.0978. The van der Waals surface area contributed by atoms with E-state index in [1.807, 2.05) is 0 Å². The summed E-state index contributed by atoms with van der Waals surface area (Å²) < 4.78 is 0. The van der Waals surface area contributed by atoms with Crippen LogP contribution in [0.2, 0.25) is 0 Å². The van der Waals surface area contributed by atoms with Crippen molar-refractivity contribution in [3.8, 4) is 0 Å². The molecule has 0 radical (unpaired) electrons. The van der Waals surface area contributed by atoms with Gasteiger partial charge in [-0.15, -0.1) is 0 Å². The van der Waals surface area contributed by atoms with E-state index in [2.05, 4.69) is 5.32 Å². The molecule has 0 heterocycles. The van der Waals surface area contributed by atoms with E-state index in [-0.39, 0.29) is 0 Å². The molecular formula is C5H12N2. The van der Waals surface area contributed by atoms with E-state index in [1.165, 1.54) is 12.8 Å². The molecule has 0 amide bonds. The van der Waals surface area contributed by atoms with Crippen LogP contribution < -0.4 is 11.1 Å². The molecule has 0 saturated heterocycles. The van der Waals surface area contributed by atoms with E-state index in [4.69, 9.17) is 5.73 Å². The highest BCUT2D eigenvalue weighted by atomic mass is 15.0. The topological polar surface area (TPSA) is 38.0 Å². The van der Waals surface area contributed by atoms with Gasteiger partial charge in [-0.25, -0.2) is 0 Å². The number of hydrogen-bond donors (Lipinski definition) is 2. The molecule has 2 heteroatoms. The van der Waals surface area contributed by atoms with Gasteiger partial charge in [0.25, 0.3) is 0 Å². The molecule has 2 nitrogen and oxygen atoms in total. The fourth-order valence-electron chi connectivity index (χ4n) is 0.609. The van der Waals surface area contributed by atoms with Crippen LogP contribution in [0.3, 0.4) is 0 Å². The minimum Gasteiger partial charge on any atom is -0.318 e. The van der Waals surface area contributed by atoms with Gasteiger partial charge in [-0.05, 0) is 25.3 Å². The Morgan fingerprint density at radius 1 is 1.57 bits per heavy atom. The van der Waals surface area contributed by atoms with Crippen molar-refractivity contribution in [2.24, 2.45) is 11.7 Å². The maximum Gasteiger partial charge on any atom is 0.0428 e. The second-order valence-electron chi connectivity index (χ2n) is 2.10. The maximum absolute atomic E-state index is 5.19. The highest BCUT2D eigenvalue weighted by molar-refractivity contribution is 4.74. The van der Waals surface area contributed by atoms with Crippen molar-refractivity contribution >= 4 is 0 Å². The summed E-state index contributed by atoms with van der Waals surface area (Å²) in [4.78, 5) is 0. The Kier molecular flexibility index (Phi) is 1.65. The molecule has 1 aliphatic rings. The van der Waals surface area contributed by atoms with Crippen molar-refractivity contribution in [2.75, 3.05) is 13.2 Å². The third kappa shape index (κ3) is 1.90. The molecule has 0 atom stereocenters. The number of rotatable bonds is 3. The van der Waals surface area contributed by atoms with Crippen LogP contribution in [0.25, 0.3) is 0 Å². The second kappa shape index (κ2) is 2.28. The zero-order valence-corrected chi connectivity index (χ0v) is 4.48. The summed E-state index contributed by atoms with van der Waals surface area (Å²) in [7, 11) is 0. The monoisotopic (exact) mass is 100 g/mol. The van der Waals surface area contributed by atoms with Gasteiger partial charge in [-0.1, -0.05) is 0 Å². The molecule has 0 aliphatic heterocycles. The first-order valence-electron chi connectivity index (χ1n) is 2.84. The average molecular weight is 100 g/mol. The molecular weight excluding hydrogens is 88.1 g/mol. The van der Waals surface area contributed by atoms with Crippen LogP contribution >= 0.6 is 0 Å². The van der Waals surface area contributed by atoms with Gasteiger partial charge in [0, 0.05) is 6.67 Å². The normalized spacial score (nSPS) is 20.1. The molecule has 1 fully saturated rings. The summed E-state index contributed by atoms with van der Waals surface area (Å²) in [5, 5.41) is 3.09. The van der Waals surface area contributed by atoms with Crippen molar-refractivity contribution in [1.29, 1.82) is 0 Å². The Hall–Kier alpha value is -0.0800. The van der Waals surface area contributed by atoms with Crippen LogP contribution in [0.1, 0.15) is 12.8 Å². The molecule has 1 rings (SSSR count). The van der Waals surface area contributed by atoms with E-state index in [0.717, 1.165) is 12.5 Å². The number of nitrogens with one attached hydrogen (secondary N) is 1. The Morgan fingerprint density at radius 3 is 2.71 bits per heavy atom. The zero-order valence-electron chi connectivity index (χ0n) is 4.48. The fraction of sp³-hybridized carbons (Fsp3) is 1.00. The van der Waals surface area contributed by atoms with Crippen LogP contribution in [0.4, 0.5) is 0 Å². The van der Waals surface area contributed by atoms with E-state index >= 15 is 0 Å². The first-order chi connectivity index (χ1) is 3.43. The van der Waals surface area contributed by atoms with Gasteiger partial charge in [0.2, 0.25) is 0 Å². The lowest BCUT2D eigenvalue weighted by Gasteiger charge is -1.94. The van der Waals surface area contributed by atoms with Gasteiger partial charge in [0.1, 0.15) is 0 Å². The largest absolute Gasteiger partial charge is 0.318 e. The van der Waals surface area contributed by atoms with E-state index in [9.17, 15) is 0 Å². The third-order valence-electron chi connectivity index (χ3n) is 1.27. The summed E-state index contributed by atoms with van der Waals surface area (Å²) in [6, 6.07) is 0. The molecule has 42 valence electrons. The summed E-state index contributed by atoms with van der Waals surface area (Å²) in [5.41, 5.74) is 5.19. The van der Waals surface area contributed by atoms with Crippen molar-refractivity contribution < 1.29 is 0 Å². The molecule has 1 saturated carbocycles.